The van der Waals surface area contributed by atoms with Gasteiger partial charge >= 0.3 is 0 Å². The fourth-order valence-corrected chi connectivity index (χ4v) is 2.45. The number of nitrogens with one attached hydrogen (secondary N) is 1. The van der Waals surface area contributed by atoms with E-state index in [1.54, 1.807) is 0 Å². The smallest absolute Gasteiger partial charge is 0.0672 e. The fraction of sp³-hybridized carbons (Fsp3) is 0.857. The molecule has 94 valence electrons. The molecule has 1 N–H and O–H groups in total. The quantitative estimate of drug-likeness (QED) is 0.506. The molecule has 1 saturated carbocycles. The first-order valence-corrected chi connectivity index (χ1v) is 6.64. The molecule has 1 aliphatic carbocycles. The lowest BCUT2D eigenvalue weighted by Gasteiger charge is -2.17. The highest BCUT2D eigenvalue weighted by atomic mass is 16.5. The van der Waals surface area contributed by atoms with E-state index in [1.807, 2.05) is 6.92 Å². The summed E-state index contributed by atoms with van der Waals surface area (Å²) in [6.07, 6.45) is 7.11. The predicted octanol–water partition coefficient (Wildman–Crippen LogP) is 3.14. The number of hydrogen-bond acceptors (Lipinski definition) is 2. The Kier molecular flexibility index (Phi) is 6.74. The second-order valence-electron chi connectivity index (χ2n) is 5.25. The highest BCUT2D eigenvalue weighted by Crippen LogP contribution is 2.28. The van der Waals surface area contributed by atoms with Crippen LogP contribution in [0.2, 0.25) is 0 Å². The Labute approximate surface area is 100 Å². The lowest BCUT2D eigenvalue weighted by molar-refractivity contribution is 0.154. The van der Waals surface area contributed by atoms with Crippen LogP contribution in [0.5, 0.6) is 0 Å². The van der Waals surface area contributed by atoms with Gasteiger partial charge in [-0.25, -0.2) is 0 Å². The minimum Gasteiger partial charge on any atom is -0.376 e. The van der Waals surface area contributed by atoms with Crippen LogP contribution >= 0.6 is 0 Å². The summed E-state index contributed by atoms with van der Waals surface area (Å²) in [5, 5.41) is 3.53. The predicted molar refractivity (Wildman–Crippen MR) is 69.7 cm³/mol. The van der Waals surface area contributed by atoms with E-state index in [0.717, 1.165) is 24.6 Å². The molecule has 1 unspecified atom stereocenters. The van der Waals surface area contributed by atoms with Gasteiger partial charge in [0.1, 0.15) is 0 Å². The molecule has 0 heterocycles. The summed E-state index contributed by atoms with van der Waals surface area (Å²) in [5.41, 5.74) is 1.10. The Balaban J connectivity index is 1.93. The molecule has 0 aromatic rings. The van der Waals surface area contributed by atoms with Gasteiger partial charge in [0.2, 0.25) is 0 Å². The molecule has 0 radical (unpaired) electrons. The Morgan fingerprint density at radius 1 is 1.44 bits per heavy atom. The van der Waals surface area contributed by atoms with Gasteiger partial charge in [-0.2, -0.15) is 0 Å². The van der Waals surface area contributed by atoms with Crippen molar-refractivity contribution in [3.63, 3.8) is 0 Å². The first-order chi connectivity index (χ1) is 7.68. The van der Waals surface area contributed by atoms with Crippen molar-refractivity contribution in [2.24, 2.45) is 5.92 Å². The maximum Gasteiger partial charge on any atom is 0.0672 e. The lowest BCUT2D eigenvalue weighted by atomic mass is 9.99. The zero-order valence-electron chi connectivity index (χ0n) is 10.9. The van der Waals surface area contributed by atoms with E-state index in [0.29, 0.717) is 12.6 Å². The summed E-state index contributed by atoms with van der Waals surface area (Å²) in [4.78, 5) is 0. The van der Waals surface area contributed by atoms with Crippen LogP contribution < -0.4 is 5.32 Å². The van der Waals surface area contributed by atoms with Crippen LogP contribution in [0.3, 0.4) is 0 Å². The van der Waals surface area contributed by atoms with Gasteiger partial charge < -0.3 is 10.1 Å². The Hall–Kier alpha value is -0.340. The van der Waals surface area contributed by atoms with Crippen LogP contribution in [0, 0.1) is 5.92 Å². The minimum absolute atomic E-state index is 0.636. The van der Waals surface area contributed by atoms with E-state index in [4.69, 9.17) is 4.74 Å². The average molecular weight is 225 g/mol. The maximum absolute atomic E-state index is 5.45. The molecule has 2 heteroatoms. The van der Waals surface area contributed by atoms with Crippen LogP contribution in [0.4, 0.5) is 0 Å². The number of hydrogen-bond donors (Lipinski definition) is 1. The third-order valence-electron chi connectivity index (χ3n) is 3.25. The van der Waals surface area contributed by atoms with Crippen molar-refractivity contribution in [3.05, 3.63) is 12.2 Å². The number of rotatable bonds is 8. The first-order valence-electron chi connectivity index (χ1n) is 6.64. The van der Waals surface area contributed by atoms with Gasteiger partial charge in [-0.3, -0.25) is 0 Å². The van der Waals surface area contributed by atoms with Crippen molar-refractivity contribution in [2.75, 3.05) is 19.8 Å². The SMILES string of the molecule is C=C(C)COCCNC(C)CC1CCCC1. The molecule has 0 spiro atoms. The van der Waals surface area contributed by atoms with Crippen molar-refractivity contribution < 1.29 is 4.74 Å². The molecule has 1 fully saturated rings. The molecule has 0 aliphatic heterocycles. The molecule has 0 aromatic carbocycles. The van der Waals surface area contributed by atoms with Crippen molar-refractivity contribution in [1.29, 1.82) is 0 Å². The molecule has 0 aromatic heterocycles. The van der Waals surface area contributed by atoms with Gasteiger partial charge in [0, 0.05) is 12.6 Å². The summed E-state index contributed by atoms with van der Waals surface area (Å²) >= 11 is 0. The van der Waals surface area contributed by atoms with E-state index < -0.39 is 0 Å². The molecule has 1 aliphatic rings. The van der Waals surface area contributed by atoms with Crippen LogP contribution in [0.1, 0.15) is 46.0 Å². The molecular weight excluding hydrogens is 198 g/mol. The van der Waals surface area contributed by atoms with Crippen LogP contribution in [0.15, 0.2) is 12.2 Å². The van der Waals surface area contributed by atoms with Gasteiger partial charge in [0.25, 0.3) is 0 Å². The van der Waals surface area contributed by atoms with E-state index >= 15 is 0 Å². The van der Waals surface area contributed by atoms with Crippen LogP contribution in [0.25, 0.3) is 0 Å². The number of ether oxygens (including phenoxy) is 1. The van der Waals surface area contributed by atoms with E-state index in [9.17, 15) is 0 Å². The zero-order chi connectivity index (χ0) is 11.8. The molecule has 0 amide bonds. The minimum atomic E-state index is 0.636. The lowest BCUT2D eigenvalue weighted by Crippen LogP contribution is -2.31. The Morgan fingerprint density at radius 3 is 2.75 bits per heavy atom. The zero-order valence-corrected chi connectivity index (χ0v) is 10.9. The molecular formula is C14H27NO. The van der Waals surface area contributed by atoms with Crippen molar-refractivity contribution in [2.45, 2.75) is 52.0 Å². The maximum atomic E-state index is 5.45. The molecule has 0 bridgehead atoms. The third-order valence-corrected chi connectivity index (χ3v) is 3.25. The van der Waals surface area contributed by atoms with Gasteiger partial charge in [0.15, 0.2) is 0 Å². The molecule has 1 atom stereocenters. The normalized spacial score (nSPS) is 18.9. The monoisotopic (exact) mass is 225 g/mol. The van der Waals surface area contributed by atoms with Crippen LogP contribution in [-0.4, -0.2) is 25.8 Å². The van der Waals surface area contributed by atoms with E-state index in [2.05, 4.69) is 18.8 Å². The molecule has 1 rings (SSSR count). The molecule has 2 nitrogen and oxygen atoms in total. The van der Waals surface area contributed by atoms with Crippen LogP contribution in [-0.2, 0) is 4.74 Å². The molecule has 16 heavy (non-hydrogen) atoms. The Bertz CT molecular complexity index is 197. The van der Waals surface area contributed by atoms with E-state index in [-0.39, 0.29) is 0 Å². The highest BCUT2D eigenvalue weighted by molar-refractivity contribution is 4.87. The average Bonchev–Trinajstić information content (AvgIpc) is 2.69. The van der Waals surface area contributed by atoms with E-state index in [1.165, 1.54) is 32.1 Å². The van der Waals surface area contributed by atoms with Crippen molar-refractivity contribution >= 4 is 0 Å². The Morgan fingerprint density at radius 2 is 2.12 bits per heavy atom. The topological polar surface area (TPSA) is 21.3 Å². The van der Waals surface area contributed by atoms with Crippen molar-refractivity contribution in [3.8, 4) is 0 Å². The van der Waals surface area contributed by atoms with Crippen molar-refractivity contribution in [1.82, 2.24) is 5.32 Å². The summed E-state index contributed by atoms with van der Waals surface area (Å²) in [6.45, 7) is 10.5. The van der Waals surface area contributed by atoms with Gasteiger partial charge in [-0.1, -0.05) is 37.8 Å². The summed E-state index contributed by atoms with van der Waals surface area (Å²) in [6, 6.07) is 0.636. The van der Waals surface area contributed by atoms with Gasteiger partial charge in [-0.05, 0) is 26.2 Å². The first kappa shape index (κ1) is 13.7. The standard InChI is InChI=1S/C14H27NO/c1-12(2)11-16-9-8-15-13(3)10-14-6-4-5-7-14/h13-15H,1,4-11H2,2-3H3. The summed E-state index contributed by atoms with van der Waals surface area (Å²) in [5.74, 6) is 0.971. The summed E-state index contributed by atoms with van der Waals surface area (Å²) < 4.78 is 5.45. The second-order valence-corrected chi connectivity index (χ2v) is 5.25. The van der Waals surface area contributed by atoms with Gasteiger partial charge in [0.05, 0.1) is 13.2 Å². The van der Waals surface area contributed by atoms with Gasteiger partial charge in [-0.15, -0.1) is 0 Å². The summed E-state index contributed by atoms with van der Waals surface area (Å²) in [7, 11) is 0. The second kappa shape index (κ2) is 7.86. The highest BCUT2D eigenvalue weighted by Gasteiger charge is 2.17. The third kappa shape index (κ3) is 6.29. The fourth-order valence-electron chi connectivity index (χ4n) is 2.45. The largest absolute Gasteiger partial charge is 0.376 e. The molecule has 0 saturated heterocycles.